The highest BCUT2D eigenvalue weighted by atomic mass is 32.2. The van der Waals surface area contributed by atoms with E-state index in [4.69, 9.17) is 4.74 Å². The van der Waals surface area contributed by atoms with Crippen molar-refractivity contribution in [3.05, 3.63) is 65.9 Å². The maximum atomic E-state index is 11.0. The molecule has 6 heteroatoms. The Kier molecular flexibility index (Phi) is 8.84. The Morgan fingerprint density at radius 2 is 2.03 bits per heavy atom. The molecule has 3 aromatic rings. The van der Waals surface area contributed by atoms with E-state index in [9.17, 15) is 10.2 Å². The average Bonchev–Trinajstić information content (AvgIpc) is 2.88. The zero-order valence-corrected chi connectivity index (χ0v) is 21.0. The first-order chi connectivity index (χ1) is 16.6. The number of hydrogen-bond donors (Lipinski definition) is 2. The van der Waals surface area contributed by atoms with Crippen LogP contribution < -0.4 is 4.74 Å². The fourth-order valence-electron chi connectivity index (χ4n) is 5.04. The van der Waals surface area contributed by atoms with Gasteiger partial charge in [-0.15, -0.1) is 11.8 Å². The molecule has 2 heterocycles. The van der Waals surface area contributed by atoms with E-state index in [1.807, 2.05) is 36.0 Å². The van der Waals surface area contributed by atoms with E-state index in [0.29, 0.717) is 12.3 Å². The summed E-state index contributed by atoms with van der Waals surface area (Å²) in [6, 6.07) is 16.2. The van der Waals surface area contributed by atoms with Gasteiger partial charge in [-0.3, -0.25) is 4.98 Å². The van der Waals surface area contributed by atoms with Crippen LogP contribution in [-0.4, -0.2) is 59.2 Å². The molecule has 1 aliphatic heterocycles. The predicted octanol–water partition coefficient (Wildman–Crippen LogP) is 5.09. The van der Waals surface area contributed by atoms with Crippen molar-refractivity contribution in [2.45, 2.75) is 37.2 Å². The number of aliphatic hydroxyl groups is 2. The molecule has 1 aliphatic rings. The standard InChI is InChI=1S/C28H36N2O3S/c1-20-5-3-4-6-28(20)34-16-15-30-14-12-21(22(18-30)19-31)7-10-27(32)24-11-13-29-26-9-8-23(33-2)17-25(24)26/h3-6,8-9,11,13,17,21-22,27,31-32H,7,10,12,14-16,18-19H2,1-2H3/t21-,22-,27-/m1/s1. The number of piperidine rings is 1. The van der Waals surface area contributed by atoms with E-state index in [-0.39, 0.29) is 12.5 Å². The van der Waals surface area contributed by atoms with Crippen molar-refractivity contribution in [3.63, 3.8) is 0 Å². The number of thioether (sulfide) groups is 1. The van der Waals surface area contributed by atoms with E-state index in [0.717, 1.165) is 60.4 Å². The lowest BCUT2D eigenvalue weighted by molar-refractivity contribution is 0.0608. The highest BCUT2D eigenvalue weighted by molar-refractivity contribution is 7.99. The number of benzene rings is 2. The molecule has 0 radical (unpaired) electrons. The Morgan fingerprint density at radius 1 is 1.18 bits per heavy atom. The van der Waals surface area contributed by atoms with Gasteiger partial charge < -0.3 is 19.8 Å². The average molecular weight is 481 g/mol. The summed E-state index contributed by atoms with van der Waals surface area (Å²) < 4.78 is 5.37. The number of aliphatic hydroxyl groups excluding tert-OH is 2. The summed E-state index contributed by atoms with van der Waals surface area (Å²) in [4.78, 5) is 8.27. The van der Waals surface area contributed by atoms with E-state index in [1.54, 1.807) is 13.3 Å². The number of hydrogen-bond acceptors (Lipinski definition) is 6. The van der Waals surface area contributed by atoms with Gasteiger partial charge in [0.1, 0.15) is 5.75 Å². The van der Waals surface area contributed by atoms with Crippen LogP contribution in [0.15, 0.2) is 59.6 Å². The minimum Gasteiger partial charge on any atom is -0.497 e. The van der Waals surface area contributed by atoms with E-state index < -0.39 is 6.10 Å². The van der Waals surface area contributed by atoms with Crippen molar-refractivity contribution < 1.29 is 14.9 Å². The lowest BCUT2D eigenvalue weighted by Gasteiger charge is -2.38. The quantitative estimate of drug-likeness (QED) is 0.394. The van der Waals surface area contributed by atoms with Crippen LogP contribution in [0.4, 0.5) is 0 Å². The maximum absolute atomic E-state index is 11.0. The van der Waals surface area contributed by atoms with Gasteiger partial charge >= 0.3 is 0 Å². The summed E-state index contributed by atoms with van der Waals surface area (Å²) in [5, 5.41) is 22.0. The molecule has 2 aromatic carbocycles. The number of methoxy groups -OCH3 is 1. The topological polar surface area (TPSA) is 65.8 Å². The van der Waals surface area contributed by atoms with E-state index >= 15 is 0 Å². The molecular formula is C28H36N2O3S. The van der Waals surface area contributed by atoms with Gasteiger partial charge in [-0.1, -0.05) is 18.2 Å². The number of rotatable bonds is 10. The van der Waals surface area contributed by atoms with Crippen molar-refractivity contribution in [3.8, 4) is 5.75 Å². The Labute approximate surface area is 207 Å². The monoisotopic (exact) mass is 480 g/mol. The van der Waals surface area contributed by atoms with Crippen LogP contribution in [0.2, 0.25) is 0 Å². The first kappa shape index (κ1) is 25.0. The molecule has 182 valence electrons. The number of likely N-dealkylation sites (tertiary alicyclic amines) is 1. The molecule has 0 saturated carbocycles. The Bertz CT molecular complexity index is 1080. The van der Waals surface area contributed by atoms with Crippen molar-refractivity contribution >= 4 is 22.7 Å². The minimum atomic E-state index is -0.555. The van der Waals surface area contributed by atoms with Crippen molar-refractivity contribution in [2.24, 2.45) is 11.8 Å². The lowest BCUT2D eigenvalue weighted by Crippen LogP contribution is -2.43. The molecule has 1 aromatic heterocycles. The van der Waals surface area contributed by atoms with Gasteiger partial charge in [0, 0.05) is 41.9 Å². The second kappa shape index (κ2) is 12.0. The third-order valence-corrected chi connectivity index (χ3v) is 8.28. The number of fused-ring (bicyclic) bond motifs is 1. The molecule has 1 saturated heterocycles. The molecule has 0 unspecified atom stereocenters. The van der Waals surface area contributed by atoms with Gasteiger partial charge in [0.15, 0.2) is 0 Å². The SMILES string of the molecule is COc1ccc2nccc([C@H](O)CC[C@@H]3CCN(CCSc4ccccc4C)C[C@@H]3CO)c2c1. The first-order valence-corrected chi connectivity index (χ1v) is 13.2. The zero-order chi connectivity index (χ0) is 23.9. The van der Waals surface area contributed by atoms with Gasteiger partial charge in [0.2, 0.25) is 0 Å². The molecule has 34 heavy (non-hydrogen) atoms. The molecule has 2 N–H and O–H groups in total. The normalized spacial score (nSPS) is 19.9. The van der Waals surface area contributed by atoms with Gasteiger partial charge in [-0.25, -0.2) is 0 Å². The molecule has 0 aliphatic carbocycles. The van der Waals surface area contributed by atoms with Crippen molar-refractivity contribution in [1.82, 2.24) is 9.88 Å². The van der Waals surface area contributed by atoms with E-state index in [2.05, 4.69) is 41.1 Å². The summed E-state index contributed by atoms with van der Waals surface area (Å²) in [5.41, 5.74) is 3.09. The molecule has 0 spiro atoms. The first-order valence-electron chi connectivity index (χ1n) is 12.2. The third kappa shape index (κ3) is 6.11. The zero-order valence-electron chi connectivity index (χ0n) is 20.2. The smallest absolute Gasteiger partial charge is 0.119 e. The highest BCUT2D eigenvalue weighted by Gasteiger charge is 2.29. The third-order valence-electron chi connectivity index (χ3n) is 7.12. The van der Waals surface area contributed by atoms with Crippen LogP contribution in [0.3, 0.4) is 0 Å². The van der Waals surface area contributed by atoms with Crippen LogP contribution in [0.1, 0.15) is 36.5 Å². The molecule has 1 fully saturated rings. The van der Waals surface area contributed by atoms with Crippen LogP contribution >= 0.6 is 11.8 Å². The highest BCUT2D eigenvalue weighted by Crippen LogP contribution is 2.33. The summed E-state index contributed by atoms with van der Waals surface area (Å²) in [7, 11) is 1.65. The van der Waals surface area contributed by atoms with Gasteiger partial charge in [-0.05, 0) is 86.0 Å². The largest absolute Gasteiger partial charge is 0.497 e. The van der Waals surface area contributed by atoms with Crippen molar-refractivity contribution in [2.75, 3.05) is 39.1 Å². The van der Waals surface area contributed by atoms with Gasteiger partial charge in [-0.2, -0.15) is 0 Å². The Balaban J connectivity index is 1.30. The fourth-order valence-corrected chi connectivity index (χ4v) is 6.08. The molecule has 0 amide bonds. The van der Waals surface area contributed by atoms with Crippen LogP contribution in [-0.2, 0) is 0 Å². The second-order valence-corrected chi connectivity index (χ2v) is 10.4. The number of nitrogens with zero attached hydrogens (tertiary/aromatic N) is 2. The number of ether oxygens (including phenoxy) is 1. The Morgan fingerprint density at radius 3 is 2.82 bits per heavy atom. The summed E-state index contributed by atoms with van der Waals surface area (Å²) in [6.45, 7) is 5.39. The van der Waals surface area contributed by atoms with Gasteiger partial charge in [0.05, 0.1) is 18.7 Å². The van der Waals surface area contributed by atoms with E-state index in [1.165, 1.54) is 10.5 Å². The molecule has 3 atom stereocenters. The number of aryl methyl sites for hydroxylation is 1. The number of pyridine rings is 1. The molecule has 0 bridgehead atoms. The molecular weight excluding hydrogens is 444 g/mol. The predicted molar refractivity (Wildman–Crippen MR) is 140 cm³/mol. The maximum Gasteiger partial charge on any atom is 0.119 e. The second-order valence-electron chi connectivity index (χ2n) is 9.28. The molecule has 5 nitrogen and oxygen atoms in total. The van der Waals surface area contributed by atoms with Crippen molar-refractivity contribution in [1.29, 1.82) is 0 Å². The van der Waals surface area contributed by atoms with Gasteiger partial charge in [0.25, 0.3) is 0 Å². The number of aromatic nitrogens is 1. The van der Waals surface area contributed by atoms with Crippen LogP contribution in [0.25, 0.3) is 10.9 Å². The summed E-state index contributed by atoms with van der Waals surface area (Å²) in [6.07, 6.45) is 3.86. The van der Waals surface area contributed by atoms with Crippen LogP contribution in [0.5, 0.6) is 5.75 Å². The summed E-state index contributed by atoms with van der Waals surface area (Å²) in [5.74, 6) is 2.52. The summed E-state index contributed by atoms with van der Waals surface area (Å²) >= 11 is 1.91. The minimum absolute atomic E-state index is 0.206. The fraction of sp³-hybridized carbons (Fsp3) is 0.464. The Hall–Kier alpha value is -2.12. The molecule has 4 rings (SSSR count). The van der Waals surface area contributed by atoms with Crippen LogP contribution in [0, 0.1) is 18.8 Å². The lowest BCUT2D eigenvalue weighted by atomic mass is 9.81.